The number of hydrogen-bond donors (Lipinski definition) is 2. The molecule has 0 aliphatic carbocycles. The average molecular weight is 190 g/mol. The van der Waals surface area contributed by atoms with E-state index in [0.717, 1.165) is 6.20 Å². The highest BCUT2D eigenvalue weighted by molar-refractivity contribution is 5.61. The van der Waals surface area contributed by atoms with Gasteiger partial charge in [0.05, 0.1) is 18.4 Å². The molecular formula is C7H8F2N2O2. The van der Waals surface area contributed by atoms with Crippen molar-refractivity contribution in [1.82, 2.24) is 4.98 Å². The fourth-order valence-corrected chi connectivity index (χ4v) is 0.834. The number of ether oxygens (including phenoxy) is 1. The molecule has 0 atom stereocenters. The van der Waals surface area contributed by atoms with Crippen LogP contribution in [0.15, 0.2) is 6.20 Å². The molecule has 0 aliphatic heterocycles. The maximum absolute atomic E-state index is 12.2. The number of methoxy groups -OCH3 is 1. The van der Waals surface area contributed by atoms with Crippen LogP contribution in [0.3, 0.4) is 0 Å². The first-order chi connectivity index (χ1) is 6.07. The lowest BCUT2D eigenvalue weighted by Gasteiger charge is -2.08. The summed E-state index contributed by atoms with van der Waals surface area (Å²) in [7, 11) is 1.25. The number of anilines is 1. The van der Waals surface area contributed by atoms with Crippen molar-refractivity contribution in [3.63, 3.8) is 0 Å². The summed E-state index contributed by atoms with van der Waals surface area (Å²) in [5.74, 6) is -0.720. The number of halogens is 2. The molecule has 1 rings (SSSR count). The number of rotatable bonds is 2. The van der Waals surface area contributed by atoms with E-state index in [4.69, 9.17) is 5.73 Å². The minimum Gasteiger partial charge on any atom is -0.502 e. The Balaban J connectivity index is 3.23. The number of alkyl halides is 2. The van der Waals surface area contributed by atoms with Crippen molar-refractivity contribution in [2.75, 3.05) is 12.8 Å². The molecule has 0 fully saturated rings. The van der Waals surface area contributed by atoms with Crippen LogP contribution in [0.5, 0.6) is 11.6 Å². The van der Waals surface area contributed by atoms with Gasteiger partial charge in [0.15, 0.2) is 0 Å². The summed E-state index contributed by atoms with van der Waals surface area (Å²) in [5, 5.41) is 9.18. The first-order valence-electron chi connectivity index (χ1n) is 3.37. The zero-order valence-electron chi connectivity index (χ0n) is 6.79. The first kappa shape index (κ1) is 9.50. The van der Waals surface area contributed by atoms with Crippen LogP contribution in [0.25, 0.3) is 0 Å². The molecule has 1 aromatic rings. The van der Waals surface area contributed by atoms with Crippen LogP contribution in [-0.2, 0) is 0 Å². The van der Waals surface area contributed by atoms with Gasteiger partial charge < -0.3 is 15.6 Å². The second kappa shape index (κ2) is 3.42. The molecule has 6 heteroatoms. The van der Waals surface area contributed by atoms with Crippen LogP contribution in [-0.4, -0.2) is 17.2 Å². The molecule has 0 amide bonds. The number of nitrogen functional groups attached to an aromatic ring is 1. The van der Waals surface area contributed by atoms with Gasteiger partial charge in [-0.3, -0.25) is 0 Å². The number of pyridine rings is 1. The van der Waals surface area contributed by atoms with Gasteiger partial charge in [0, 0.05) is 6.20 Å². The number of nitrogens with zero attached hydrogens (tertiary/aromatic N) is 1. The Morgan fingerprint density at radius 2 is 2.23 bits per heavy atom. The summed E-state index contributed by atoms with van der Waals surface area (Å²) >= 11 is 0. The molecule has 0 radical (unpaired) electrons. The van der Waals surface area contributed by atoms with E-state index in [1.165, 1.54) is 7.11 Å². The van der Waals surface area contributed by atoms with E-state index in [0.29, 0.717) is 0 Å². The molecule has 0 aromatic carbocycles. The van der Waals surface area contributed by atoms with Crippen LogP contribution in [0.1, 0.15) is 12.0 Å². The summed E-state index contributed by atoms with van der Waals surface area (Å²) in [6.45, 7) is 0. The standard InChI is InChI=1S/C7H8F2N2O2/c1-13-7-5(12)4(10)3(2-11-7)6(8)9/h2,6,12H,1H3,(H2,10,11). The maximum atomic E-state index is 12.2. The number of aromatic hydroxyl groups is 1. The Hall–Kier alpha value is -1.59. The van der Waals surface area contributed by atoms with Gasteiger partial charge in [-0.05, 0) is 0 Å². The minimum atomic E-state index is -2.76. The number of hydrogen-bond acceptors (Lipinski definition) is 4. The third-order valence-electron chi connectivity index (χ3n) is 1.52. The van der Waals surface area contributed by atoms with Gasteiger partial charge >= 0.3 is 0 Å². The second-order valence-corrected chi connectivity index (χ2v) is 2.29. The fraction of sp³-hybridized carbons (Fsp3) is 0.286. The van der Waals surface area contributed by atoms with Gasteiger partial charge in [-0.15, -0.1) is 0 Å². The Bertz CT molecular complexity index is 318. The highest BCUT2D eigenvalue weighted by atomic mass is 19.3. The molecule has 13 heavy (non-hydrogen) atoms. The fourth-order valence-electron chi connectivity index (χ4n) is 0.834. The Morgan fingerprint density at radius 1 is 1.62 bits per heavy atom. The van der Waals surface area contributed by atoms with Gasteiger partial charge in [0.2, 0.25) is 5.75 Å². The van der Waals surface area contributed by atoms with E-state index in [2.05, 4.69) is 9.72 Å². The molecule has 1 heterocycles. The summed E-state index contributed by atoms with van der Waals surface area (Å²) in [6, 6.07) is 0. The van der Waals surface area contributed by atoms with E-state index in [9.17, 15) is 13.9 Å². The van der Waals surface area contributed by atoms with Gasteiger partial charge in [-0.1, -0.05) is 0 Å². The van der Waals surface area contributed by atoms with Gasteiger partial charge in [0.1, 0.15) is 0 Å². The number of nitrogens with two attached hydrogens (primary N) is 1. The molecular weight excluding hydrogens is 182 g/mol. The molecule has 1 aromatic heterocycles. The third kappa shape index (κ3) is 1.61. The van der Waals surface area contributed by atoms with Crippen LogP contribution in [0.4, 0.5) is 14.5 Å². The van der Waals surface area contributed by atoms with E-state index in [-0.39, 0.29) is 5.88 Å². The lowest BCUT2D eigenvalue weighted by atomic mass is 10.2. The van der Waals surface area contributed by atoms with Crippen LogP contribution >= 0.6 is 0 Å². The van der Waals surface area contributed by atoms with Crippen LogP contribution in [0, 0.1) is 0 Å². The Labute approximate surface area is 73.0 Å². The predicted octanol–water partition coefficient (Wildman–Crippen LogP) is 1.32. The Morgan fingerprint density at radius 3 is 2.69 bits per heavy atom. The summed E-state index contributed by atoms with van der Waals surface area (Å²) < 4.78 is 28.9. The van der Waals surface area contributed by atoms with Crippen molar-refractivity contribution >= 4 is 5.69 Å². The zero-order chi connectivity index (χ0) is 10.0. The monoisotopic (exact) mass is 190 g/mol. The van der Waals surface area contributed by atoms with Gasteiger partial charge in [-0.25, -0.2) is 13.8 Å². The first-order valence-corrected chi connectivity index (χ1v) is 3.37. The van der Waals surface area contributed by atoms with Crippen molar-refractivity contribution in [3.05, 3.63) is 11.8 Å². The maximum Gasteiger partial charge on any atom is 0.267 e. The quantitative estimate of drug-likeness (QED) is 0.737. The molecule has 3 N–H and O–H groups in total. The van der Waals surface area contributed by atoms with Gasteiger partial charge in [0.25, 0.3) is 12.3 Å². The topological polar surface area (TPSA) is 68.4 Å². The highest BCUT2D eigenvalue weighted by Crippen LogP contribution is 2.36. The van der Waals surface area contributed by atoms with Crippen molar-refractivity contribution in [3.8, 4) is 11.6 Å². The Kier molecular flexibility index (Phi) is 2.50. The minimum absolute atomic E-state index is 0.165. The van der Waals surface area contributed by atoms with Crippen molar-refractivity contribution in [2.24, 2.45) is 0 Å². The largest absolute Gasteiger partial charge is 0.502 e. The summed E-state index contributed by atoms with van der Waals surface area (Å²) in [6.07, 6.45) is -1.89. The summed E-state index contributed by atoms with van der Waals surface area (Å²) in [5.41, 5.74) is 4.31. The van der Waals surface area contributed by atoms with E-state index >= 15 is 0 Å². The normalized spacial score (nSPS) is 10.5. The second-order valence-electron chi connectivity index (χ2n) is 2.29. The van der Waals surface area contributed by atoms with Crippen LogP contribution in [0.2, 0.25) is 0 Å². The molecule has 0 bridgehead atoms. The lowest BCUT2D eigenvalue weighted by molar-refractivity contribution is 0.151. The third-order valence-corrected chi connectivity index (χ3v) is 1.52. The smallest absolute Gasteiger partial charge is 0.267 e. The molecule has 0 unspecified atom stereocenters. The summed E-state index contributed by atoms with van der Waals surface area (Å²) in [4.78, 5) is 3.45. The zero-order valence-corrected chi connectivity index (χ0v) is 6.79. The predicted molar refractivity (Wildman–Crippen MR) is 41.8 cm³/mol. The average Bonchev–Trinajstić information content (AvgIpc) is 2.09. The van der Waals surface area contributed by atoms with Crippen molar-refractivity contribution in [1.29, 1.82) is 0 Å². The van der Waals surface area contributed by atoms with E-state index in [1.54, 1.807) is 0 Å². The lowest BCUT2D eigenvalue weighted by Crippen LogP contribution is -1.99. The van der Waals surface area contributed by atoms with E-state index in [1.807, 2.05) is 0 Å². The van der Waals surface area contributed by atoms with Crippen molar-refractivity contribution < 1.29 is 18.6 Å². The van der Waals surface area contributed by atoms with Crippen LogP contribution < -0.4 is 10.5 Å². The number of aromatic nitrogens is 1. The van der Waals surface area contributed by atoms with Gasteiger partial charge in [-0.2, -0.15) is 0 Å². The molecule has 72 valence electrons. The highest BCUT2D eigenvalue weighted by Gasteiger charge is 2.17. The SMILES string of the molecule is COc1ncc(C(F)F)c(N)c1O. The molecule has 0 aliphatic rings. The van der Waals surface area contributed by atoms with E-state index < -0.39 is 23.4 Å². The van der Waals surface area contributed by atoms with Crippen molar-refractivity contribution in [2.45, 2.75) is 6.43 Å². The molecule has 4 nitrogen and oxygen atoms in total. The molecule has 0 saturated heterocycles. The molecule has 0 spiro atoms. The molecule has 0 saturated carbocycles.